The highest BCUT2D eigenvalue weighted by Gasteiger charge is 2.25. The molecule has 0 unspecified atom stereocenters. The van der Waals surface area contributed by atoms with E-state index < -0.39 is 17.0 Å². The summed E-state index contributed by atoms with van der Waals surface area (Å²) in [5.74, 6) is -0.555. The van der Waals surface area contributed by atoms with Crippen molar-refractivity contribution in [1.82, 2.24) is 9.55 Å². The third-order valence-electron chi connectivity index (χ3n) is 5.56. The Kier molecular flexibility index (Phi) is 8.00. The van der Waals surface area contributed by atoms with Crippen LogP contribution in [-0.2, 0) is 11.3 Å². The molecule has 0 fully saturated rings. The van der Waals surface area contributed by atoms with Crippen molar-refractivity contribution in [2.45, 2.75) is 53.1 Å². The molecule has 0 aliphatic carbocycles. The number of rotatable bonds is 10. The standard InChI is InChI=1S/C22H32N4O4/c1-6-16(7-2)26(17-9-8-14(3)15(4)12-17)13-18(27)19-20(23)25(10-11-30-5)22(29)24-21(19)28/h8-9,12,16H,6-7,10-11,13,23H2,1-5H3,(H,24,28,29). The summed E-state index contributed by atoms with van der Waals surface area (Å²) < 4.78 is 6.15. The van der Waals surface area contributed by atoms with Crippen molar-refractivity contribution in [3.8, 4) is 0 Å². The number of carbonyl (C=O) groups excluding carboxylic acids is 1. The number of methoxy groups -OCH3 is 1. The first kappa shape index (κ1) is 23.4. The summed E-state index contributed by atoms with van der Waals surface area (Å²) in [6.45, 7) is 8.56. The van der Waals surface area contributed by atoms with Gasteiger partial charge in [0.2, 0.25) is 0 Å². The molecule has 0 saturated carbocycles. The Morgan fingerprint density at radius 2 is 1.87 bits per heavy atom. The van der Waals surface area contributed by atoms with E-state index in [1.165, 1.54) is 12.7 Å². The average molecular weight is 417 g/mol. The van der Waals surface area contributed by atoms with E-state index in [0.29, 0.717) is 0 Å². The number of Topliss-reactive ketones (excluding diaryl/α,β-unsaturated/α-hetero) is 1. The van der Waals surface area contributed by atoms with E-state index in [-0.39, 0.29) is 37.1 Å². The maximum atomic E-state index is 13.2. The molecule has 2 aromatic rings. The zero-order valence-corrected chi connectivity index (χ0v) is 18.4. The van der Waals surface area contributed by atoms with Gasteiger partial charge in [-0.2, -0.15) is 0 Å². The lowest BCUT2D eigenvalue weighted by molar-refractivity contribution is 0.0994. The number of nitrogens with two attached hydrogens (primary N) is 1. The lowest BCUT2D eigenvalue weighted by Gasteiger charge is -2.32. The van der Waals surface area contributed by atoms with Crippen molar-refractivity contribution in [3.05, 3.63) is 55.7 Å². The zero-order chi connectivity index (χ0) is 22.4. The highest BCUT2D eigenvalue weighted by molar-refractivity contribution is 6.02. The van der Waals surface area contributed by atoms with Gasteiger partial charge < -0.3 is 15.4 Å². The molecule has 0 amide bonds. The SMILES string of the molecule is CCC(CC)N(CC(=O)c1c(N)n(CCOC)c(=O)[nH]c1=O)c1ccc(C)c(C)c1. The van der Waals surface area contributed by atoms with Crippen LogP contribution in [0.2, 0.25) is 0 Å². The van der Waals surface area contributed by atoms with E-state index in [1.807, 2.05) is 36.9 Å². The van der Waals surface area contributed by atoms with Crippen LogP contribution in [0.15, 0.2) is 27.8 Å². The van der Waals surface area contributed by atoms with Crippen LogP contribution in [0.5, 0.6) is 0 Å². The second kappa shape index (κ2) is 10.2. The lowest BCUT2D eigenvalue weighted by atomic mass is 10.0. The number of carbonyl (C=O) groups is 1. The third-order valence-corrected chi connectivity index (χ3v) is 5.56. The minimum Gasteiger partial charge on any atom is -0.384 e. The Hall–Kier alpha value is -2.87. The molecule has 30 heavy (non-hydrogen) atoms. The van der Waals surface area contributed by atoms with Gasteiger partial charge in [0.05, 0.1) is 19.7 Å². The summed E-state index contributed by atoms with van der Waals surface area (Å²) in [7, 11) is 1.50. The van der Waals surface area contributed by atoms with Crippen molar-refractivity contribution in [2.75, 3.05) is 30.9 Å². The fourth-order valence-electron chi connectivity index (χ4n) is 3.56. The molecule has 0 saturated heterocycles. The van der Waals surface area contributed by atoms with Crippen LogP contribution in [0.4, 0.5) is 11.5 Å². The number of hydrogen-bond acceptors (Lipinski definition) is 6. The number of anilines is 2. The Balaban J connectivity index is 2.48. The summed E-state index contributed by atoms with van der Waals surface area (Å²) in [6, 6.07) is 6.18. The molecule has 1 aromatic heterocycles. The fourth-order valence-corrected chi connectivity index (χ4v) is 3.56. The molecular weight excluding hydrogens is 384 g/mol. The first-order chi connectivity index (χ1) is 14.2. The van der Waals surface area contributed by atoms with Gasteiger partial charge in [0, 0.05) is 18.8 Å². The molecule has 8 heteroatoms. The first-order valence-electron chi connectivity index (χ1n) is 10.2. The Morgan fingerprint density at radius 3 is 2.43 bits per heavy atom. The highest BCUT2D eigenvalue weighted by Crippen LogP contribution is 2.24. The molecule has 1 aromatic carbocycles. The maximum absolute atomic E-state index is 13.2. The van der Waals surface area contributed by atoms with E-state index in [9.17, 15) is 14.4 Å². The molecular formula is C22H32N4O4. The maximum Gasteiger partial charge on any atom is 0.330 e. The molecule has 0 bridgehead atoms. The molecule has 164 valence electrons. The number of H-pyrrole nitrogens is 1. The number of nitrogen functional groups attached to an aromatic ring is 1. The molecule has 0 aliphatic rings. The summed E-state index contributed by atoms with van der Waals surface area (Å²) in [5, 5.41) is 0. The Bertz CT molecular complexity index is 1010. The largest absolute Gasteiger partial charge is 0.384 e. The van der Waals surface area contributed by atoms with Gasteiger partial charge in [-0.3, -0.25) is 19.1 Å². The summed E-state index contributed by atoms with van der Waals surface area (Å²) in [4.78, 5) is 42.0. The smallest absolute Gasteiger partial charge is 0.330 e. The zero-order valence-electron chi connectivity index (χ0n) is 18.4. The number of nitrogens with zero attached hydrogens (tertiary/aromatic N) is 2. The van der Waals surface area contributed by atoms with E-state index in [0.717, 1.165) is 28.7 Å². The minimum atomic E-state index is -0.763. The monoisotopic (exact) mass is 416 g/mol. The molecule has 0 atom stereocenters. The van der Waals surface area contributed by atoms with Crippen LogP contribution >= 0.6 is 0 Å². The van der Waals surface area contributed by atoms with Crippen LogP contribution in [0.1, 0.15) is 48.2 Å². The molecule has 0 radical (unpaired) electrons. The number of aromatic amines is 1. The van der Waals surface area contributed by atoms with Gasteiger partial charge in [-0.05, 0) is 49.9 Å². The van der Waals surface area contributed by atoms with Gasteiger partial charge in [-0.15, -0.1) is 0 Å². The fraction of sp³-hybridized carbons (Fsp3) is 0.500. The normalized spacial score (nSPS) is 11.1. The molecule has 0 aliphatic heterocycles. The quantitative estimate of drug-likeness (QED) is 0.575. The molecule has 8 nitrogen and oxygen atoms in total. The van der Waals surface area contributed by atoms with E-state index in [2.05, 4.69) is 18.8 Å². The van der Waals surface area contributed by atoms with E-state index in [4.69, 9.17) is 10.5 Å². The molecule has 2 rings (SSSR count). The van der Waals surface area contributed by atoms with Crippen molar-refractivity contribution in [2.24, 2.45) is 0 Å². The topological polar surface area (TPSA) is 110 Å². The van der Waals surface area contributed by atoms with Gasteiger partial charge in [-0.1, -0.05) is 19.9 Å². The van der Waals surface area contributed by atoms with Crippen LogP contribution in [0.3, 0.4) is 0 Å². The van der Waals surface area contributed by atoms with Crippen molar-refractivity contribution in [1.29, 1.82) is 0 Å². The van der Waals surface area contributed by atoms with Crippen LogP contribution in [0, 0.1) is 13.8 Å². The summed E-state index contributed by atoms with van der Waals surface area (Å²) in [6.07, 6.45) is 1.69. The predicted molar refractivity (Wildman–Crippen MR) is 120 cm³/mol. The second-order valence-corrected chi connectivity index (χ2v) is 7.45. The van der Waals surface area contributed by atoms with Gasteiger partial charge in [-0.25, -0.2) is 4.79 Å². The Morgan fingerprint density at radius 1 is 1.20 bits per heavy atom. The third kappa shape index (κ3) is 4.99. The molecule has 1 heterocycles. The van der Waals surface area contributed by atoms with Crippen molar-refractivity contribution in [3.63, 3.8) is 0 Å². The van der Waals surface area contributed by atoms with Crippen molar-refractivity contribution < 1.29 is 9.53 Å². The number of benzene rings is 1. The predicted octanol–water partition coefficient (Wildman–Crippen LogP) is 2.26. The minimum absolute atomic E-state index is 0.00932. The summed E-state index contributed by atoms with van der Waals surface area (Å²) >= 11 is 0. The lowest BCUT2D eigenvalue weighted by Crippen LogP contribution is -2.42. The summed E-state index contributed by atoms with van der Waals surface area (Å²) in [5.41, 5.74) is 7.68. The van der Waals surface area contributed by atoms with Crippen LogP contribution in [-0.4, -0.2) is 41.6 Å². The number of hydrogen-bond donors (Lipinski definition) is 2. The van der Waals surface area contributed by atoms with Gasteiger partial charge in [0.1, 0.15) is 11.4 Å². The van der Waals surface area contributed by atoms with Crippen molar-refractivity contribution >= 4 is 17.3 Å². The van der Waals surface area contributed by atoms with E-state index >= 15 is 0 Å². The van der Waals surface area contributed by atoms with Gasteiger partial charge in [0.25, 0.3) is 5.56 Å². The number of ether oxygens (including phenoxy) is 1. The second-order valence-electron chi connectivity index (χ2n) is 7.45. The van der Waals surface area contributed by atoms with E-state index in [1.54, 1.807) is 0 Å². The number of aromatic nitrogens is 2. The molecule has 3 N–H and O–H groups in total. The number of nitrogens with one attached hydrogen (secondary N) is 1. The van der Waals surface area contributed by atoms with Gasteiger partial charge in [0.15, 0.2) is 5.78 Å². The number of aryl methyl sites for hydroxylation is 2. The molecule has 0 spiro atoms. The van der Waals surface area contributed by atoms with Crippen LogP contribution in [0.25, 0.3) is 0 Å². The Labute approximate surface area is 176 Å². The number of ketones is 1. The van der Waals surface area contributed by atoms with Gasteiger partial charge >= 0.3 is 5.69 Å². The average Bonchev–Trinajstić information content (AvgIpc) is 2.69. The first-order valence-corrected chi connectivity index (χ1v) is 10.2. The highest BCUT2D eigenvalue weighted by atomic mass is 16.5. The van der Waals surface area contributed by atoms with Crippen LogP contribution < -0.4 is 21.9 Å².